The van der Waals surface area contributed by atoms with Crippen LogP contribution in [-0.4, -0.2) is 83.7 Å². The highest BCUT2D eigenvalue weighted by molar-refractivity contribution is 5.93. The smallest absolute Gasteiger partial charge is 0.327 e. The zero-order chi connectivity index (χ0) is 30.3. The van der Waals surface area contributed by atoms with Gasteiger partial charge in [0.25, 0.3) is 0 Å². The summed E-state index contributed by atoms with van der Waals surface area (Å²) in [4.78, 5) is 34.4. The maximum Gasteiger partial charge on any atom is 0.327 e. The van der Waals surface area contributed by atoms with Gasteiger partial charge in [0.1, 0.15) is 29.8 Å². The average Bonchev–Trinajstić information content (AvgIpc) is 3.39. The molecule has 1 amide bonds. The second-order valence-corrected chi connectivity index (χ2v) is 13.8. The first-order valence-electron chi connectivity index (χ1n) is 16.3. The molecule has 3 unspecified atom stereocenters. The van der Waals surface area contributed by atoms with Crippen LogP contribution in [0.25, 0.3) is 6.08 Å². The van der Waals surface area contributed by atoms with E-state index in [-0.39, 0.29) is 32.0 Å². The topological polar surface area (TPSA) is 119 Å². The van der Waals surface area contributed by atoms with Gasteiger partial charge in [0.05, 0.1) is 25.4 Å². The highest BCUT2D eigenvalue weighted by Gasteiger charge is 2.76. The molecule has 2 aromatic rings. The summed E-state index contributed by atoms with van der Waals surface area (Å²) in [6, 6.07) is 15.4. The van der Waals surface area contributed by atoms with Crippen molar-refractivity contribution in [2.24, 2.45) is 11.3 Å². The Morgan fingerprint density at radius 1 is 1.00 bits per heavy atom. The van der Waals surface area contributed by atoms with Crippen molar-refractivity contribution in [1.29, 1.82) is 0 Å². The fourth-order valence-corrected chi connectivity index (χ4v) is 8.86. The molecule has 6 fully saturated rings. The highest BCUT2D eigenvalue weighted by Crippen LogP contribution is 2.58. The number of amides is 1. The van der Waals surface area contributed by atoms with E-state index >= 15 is 0 Å². The molecule has 0 aromatic heterocycles. The number of hydrogen-bond acceptors (Lipinski definition) is 9. The van der Waals surface area contributed by atoms with Gasteiger partial charge in [-0.15, -0.1) is 0 Å². The summed E-state index contributed by atoms with van der Waals surface area (Å²) in [5.41, 5.74) is 3.14. The van der Waals surface area contributed by atoms with Gasteiger partial charge in [-0.2, -0.15) is 5.06 Å². The van der Waals surface area contributed by atoms with Gasteiger partial charge in [0.2, 0.25) is 5.91 Å². The quantitative estimate of drug-likeness (QED) is 0.358. The minimum absolute atomic E-state index is 0.0779. The molecule has 1 spiro atoms. The first-order valence-corrected chi connectivity index (χ1v) is 16.3. The van der Waals surface area contributed by atoms with Crippen LogP contribution >= 0.6 is 0 Å². The number of hydrogen-bond donors (Lipinski definition) is 2. The molecule has 9 atom stereocenters. The summed E-state index contributed by atoms with van der Waals surface area (Å²) in [5, 5.41) is 14.0. The molecule has 2 bridgehead atoms. The molecule has 3 aliphatic carbocycles. The largest absolute Gasteiger partial charge is 0.458 e. The number of aliphatic hydroxyl groups excluding tert-OH is 1. The second kappa shape index (κ2) is 10.4. The lowest BCUT2D eigenvalue weighted by molar-refractivity contribution is -0.217. The first-order chi connectivity index (χ1) is 21.9. The summed E-state index contributed by atoms with van der Waals surface area (Å²) < 4.78 is 25.1. The number of nitrogens with zero attached hydrogens (tertiary/aromatic N) is 1. The summed E-state index contributed by atoms with van der Waals surface area (Å²) in [6.07, 6.45) is 7.68. The Hall–Kier alpha value is -3.12. The highest BCUT2D eigenvalue weighted by atomic mass is 16.8. The Bertz CT molecular complexity index is 1520. The molecule has 236 valence electrons. The van der Waals surface area contributed by atoms with E-state index in [4.69, 9.17) is 23.8 Å². The summed E-state index contributed by atoms with van der Waals surface area (Å²) in [5.74, 6) is -1.18. The maximum absolute atomic E-state index is 14.0. The van der Waals surface area contributed by atoms with Crippen molar-refractivity contribution in [3.05, 3.63) is 76.9 Å². The number of rotatable bonds is 7. The van der Waals surface area contributed by atoms with E-state index in [9.17, 15) is 14.7 Å². The van der Waals surface area contributed by atoms with Gasteiger partial charge in [-0.1, -0.05) is 60.7 Å². The Morgan fingerprint density at radius 3 is 2.53 bits per heavy atom. The summed E-state index contributed by atoms with van der Waals surface area (Å²) >= 11 is 0. The molecule has 4 heterocycles. The van der Waals surface area contributed by atoms with Crippen LogP contribution in [0.15, 0.2) is 54.6 Å². The van der Waals surface area contributed by atoms with Crippen molar-refractivity contribution in [3.63, 3.8) is 0 Å². The van der Waals surface area contributed by atoms with Crippen LogP contribution in [0.2, 0.25) is 0 Å². The van der Waals surface area contributed by atoms with E-state index in [0.717, 1.165) is 24.0 Å². The number of hydroxylamine groups is 2. The van der Waals surface area contributed by atoms with Crippen LogP contribution in [0.4, 0.5) is 0 Å². The lowest BCUT2D eigenvalue weighted by Crippen LogP contribution is -2.69. The number of esters is 1. The van der Waals surface area contributed by atoms with Gasteiger partial charge in [-0.3, -0.25) is 14.4 Å². The average molecular weight is 615 g/mol. The van der Waals surface area contributed by atoms with Gasteiger partial charge in [0.15, 0.2) is 11.8 Å². The Labute approximate surface area is 261 Å². The molecule has 4 saturated heterocycles. The molecule has 7 aliphatic rings. The van der Waals surface area contributed by atoms with Crippen LogP contribution in [-0.2, 0) is 52.8 Å². The van der Waals surface area contributed by atoms with Gasteiger partial charge < -0.3 is 29.4 Å². The molecule has 4 aliphatic heterocycles. The van der Waals surface area contributed by atoms with Crippen molar-refractivity contribution in [1.82, 2.24) is 10.4 Å². The molecule has 45 heavy (non-hydrogen) atoms. The zero-order valence-electron chi connectivity index (χ0n) is 25.0. The van der Waals surface area contributed by atoms with E-state index in [1.54, 1.807) is 5.06 Å². The van der Waals surface area contributed by atoms with E-state index in [0.29, 0.717) is 31.0 Å². The van der Waals surface area contributed by atoms with Crippen LogP contribution < -0.4 is 5.32 Å². The predicted octanol–water partition coefficient (Wildman–Crippen LogP) is 2.45. The molecule has 2 N–H and O–H groups in total. The van der Waals surface area contributed by atoms with Crippen LogP contribution in [0.5, 0.6) is 0 Å². The minimum atomic E-state index is -1.25. The van der Waals surface area contributed by atoms with Crippen molar-refractivity contribution in [2.75, 3.05) is 13.2 Å². The third-order valence-electron chi connectivity index (χ3n) is 11.0. The number of nitrogens with one attached hydrogen (secondary N) is 1. The third kappa shape index (κ3) is 4.52. The fraction of sp³-hybridized carbons (Fsp3) is 0.543. The molecule has 0 radical (unpaired) electrons. The number of ether oxygens (including phenoxy) is 4. The van der Waals surface area contributed by atoms with Crippen molar-refractivity contribution in [2.45, 2.75) is 93.5 Å². The number of allylic oxidation sites excluding steroid dienone is 1. The molecule has 2 aromatic carbocycles. The first kappa shape index (κ1) is 28.1. The number of carbonyl (C=O) groups is 2. The number of aliphatic hydroxyl groups is 1. The Balaban J connectivity index is 0.982. The van der Waals surface area contributed by atoms with Crippen molar-refractivity contribution in [3.8, 4) is 0 Å². The maximum atomic E-state index is 14.0. The van der Waals surface area contributed by atoms with E-state index in [2.05, 4.69) is 41.7 Å². The number of epoxide rings is 1. The number of carbonyl (C=O) groups excluding carboxylic acids is 2. The molecule has 10 heteroatoms. The molecule has 2 saturated carbocycles. The Morgan fingerprint density at radius 2 is 1.78 bits per heavy atom. The van der Waals surface area contributed by atoms with E-state index in [1.807, 2.05) is 24.3 Å². The zero-order valence-corrected chi connectivity index (χ0v) is 25.0. The molecular weight excluding hydrogens is 576 g/mol. The van der Waals surface area contributed by atoms with Crippen LogP contribution in [0.3, 0.4) is 0 Å². The van der Waals surface area contributed by atoms with E-state index < -0.39 is 47.6 Å². The Kier molecular flexibility index (Phi) is 6.53. The lowest BCUT2D eigenvalue weighted by atomic mass is 9.62. The van der Waals surface area contributed by atoms with Gasteiger partial charge >= 0.3 is 5.97 Å². The SMILES string of the molecule is O=C1O[C@@H]2C[C@@]3(C(=O)NCCO)[C@H](ON(Cc4ccc(C=CC5CCC6OC6C5)cc4)[C@@H]13)[C@H]1OC3(Cc4ccccc4C3)O[C@H]12. The summed E-state index contributed by atoms with van der Waals surface area (Å²) in [6.45, 7) is 0.158. The predicted molar refractivity (Wildman–Crippen MR) is 159 cm³/mol. The fourth-order valence-electron chi connectivity index (χ4n) is 8.86. The van der Waals surface area contributed by atoms with E-state index in [1.165, 1.54) is 17.5 Å². The normalized spacial score (nSPS) is 38.6. The lowest BCUT2D eigenvalue weighted by Gasteiger charge is -2.48. The van der Waals surface area contributed by atoms with Gasteiger partial charge in [-0.25, -0.2) is 0 Å². The van der Waals surface area contributed by atoms with Crippen LogP contribution in [0, 0.1) is 11.3 Å². The van der Waals surface area contributed by atoms with Gasteiger partial charge in [0, 0.05) is 25.8 Å². The van der Waals surface area contributed by atoms with Crippen molar-refractivity contribution < 1.29 is 38.5 Å². The monoisotopic (exact) mass is 614 g/mol. The molecule has 9 rings (SSSR count). The number of fused-ring (bicyclic) bond motifs is 6. The van der Waals surface area contributed by atoms with Gasteiger partial charge in [-0.05, 0) is 47.4 Å². The summed E-state index contributed by atoms with van der Waals surface area (Å²) in [7, 11) is 0. The molecular formula is C35H38N2O8. The minimum Gasteiger partial charge on any atom is -0.458 e. The van der Waals surface area contributed by atoms with Crippen LogP contribution in [0.1, 0.15) is 47.9 Å². The number of benzene rings is 2. The molecule has 10 nitrogen and oxygen atoms in total. The third-order valence-corrected chi connectivity index (χ3v) is 11.0. The van der Waals surface area contributed by atoms with Crippen molar-refractivity contribution >= 4 is 18.0 Å². The second-order valence-electron chi connectivity index (χ2n) is 13.8. The standard InChI is InChI=1S/C35H38N2O8/c38-14-13-36-33(40)35-18-27-28-29(44-34(43-28)16-23-3-1-2-4-24(23)17-34)31(35)45-37(30(35)32(39)42-27)19-22-9-6-20(7-10-22)5-8-21-11-12-25-26(15-21)41-25/h1-10,21,25-31,38H,11-19H2,(H,36,40)/t21?,25?,26?,27-,28+,29+,30+,31-,35+/m1/s1.